The lowest BCUT2D eigenvalue weighted by Crippen LogP contribution is -2.45. The van der Waals surface area contributed by atoms with Gasteiger partial charge in [-0.25, -0.2) is 0 Å². The molecule has 0 saturated heterocycles. The number of aliphatic hydroxyl groups excluding tert-OH is 2. The topological polar surface area (TPSA) is 95.9 Å². The van der Waals surface area contributed by atoms with E-state index in [0.717, 1.165) is 70.6 Å². The summed E-state index contributed by atoms with van der Waals surface area (Å²) in [6.07, 6.45) is 58.3. The summed E-state index contributed by atoms with van der Waals surface area (Å²) in [5, 5.41) is 23.1. The maximum atomic E-state index is 12.4. The molecule has 0 spiro atoms. The van der Waals surface area contributed by atoms with E-state index in [1.165, 1.54) is 161 Å². The van der Waals surface area contributed by atoms with Gasteiger partial charge in [0.25, 0.3) is 0 Å². The molecule has 2 unspecified atom stereocenters. The van der Waals surface area contributed by atoms with Crippen molar-refractivity contribution < 1.29 is 24.5 Å². The summed E-state index contributed by atoms with van der Waals surface area (Å²) in [5.41, 5.74) is 0. The Kier molecular flexibility index (Phi) is 47.2. The zero-order valence-electron chi connectivity index (χ0n) is 39.2. The van der Waals surface area contributed by atoms with Gasteiger partial charge in [0.2, 0.25) is 5.91 Å². The Bertz CT molecular complexity index is 962. The van der Waals surface area contributed by atoms with Gasteiger partial charge in [-0.3, -0.25) is 9.59 Å². The molecule has 0 heterocycles. The third kappa shape index (κ3) is 45.4. The smallest absolute Gasteiger partial charge is 0.305 e. The van der Waals surface area contributed by atoms with Crippen molar-refractivity contribution in [1.29, 1.82) is 0 Å². The van der Waals surface area contributed by atoms with Gasteiger partial charge in [0.15, 0.2) is 0 Å². The van der Waals surface area contributed by atoms with Crippen LogP contribution in [-0.2, 0) is 14.3 Å². The minimum atomic E-state index is -0.674. The lowest BCUT2D eigenvalue weighted by molar-refractivity contribution is -0.143. The van der Waals surface area contributed by atoms with Gasteiger partial charge in [-0.15, -0.1) is 0 Å². The zero-order chi connectivity index (χ0) is 43.0. The molecule has 6 heteroatoms. The zero-order valence-corrected chi connectivity index (χ0v) is 39.2. The van der Waals surface area contributed by atoms with Crippen LogP contribution in [0.5, 0.6) is 0 Å². The highest BCUT2D eigenvalue weighted by Crippen LogP contribution is 2.15. The summed E-state index contributed by atoms with van der Waals surface area (Å²) < 4.78 is 5.45. The van der Waals surface area contributed by atoms with E-state index in [-0.39, 0.29) is 18.5 Å². The van der Waals surface area contributed by atoms with Gasteiger partial charge in [-0.2, -0.15) is 0 Å². The summed E-state index contributed by atoms with van der Waals surface area (Å²) in [6.45, 7) is 4.88. The molecule has 2 atom stereocenters. The second-order valence-electron chi connectivity index (χ2n) is 17.5. The van der Waals surface area contributed by atoms with Crippen LogP contribution in [0.4, 0.5) is 0 Å². The predicted octanol–water partition coefficient (Wildman–Crippen LogP) is 15.3. The van der Waals surface area contributed by atoms with Gasteiger partial charge >= 0.3 is 5.97 Å². The van der Waals surface area contributed by atoms with E-state index in [4.69, 9.17) is 4.74 Å². The van der Waals surface area contributed by atoms with Crippen molar-refractivity contribution in [3.8, 4) is 0 Å². The van der Waals surface area contributed by atoms with Crippen LogP contribution < -0.4 is 5.32 Å². The molecule has 0 aliphatic heterocycles. The van der Waals surface area contributed by atoms with Crippen LogP contribution in [0, 0.1) is 0 Å². The first-order valence-electron chi connectivity index (χ1n) is 25.7. The van der Waals surface area contributed by atoms with Crippen LogP contribution in [0.25, 0.3) is 0 Å². The lowest BCUT2D eigenvalue weighted by atomic mass is 10.0. The summed E-state index contributed by atoms with van der Waals surface area (Å²) in [6, 6.07) is -0.553. The number of unbranched alkanes of at least 4 members (excludes halogenated alkanes) is 30. The highest BCUT2D eigenvalue weighted by atomic mass is 16.5. The largest absolute Gasteiger partial charge is 0.466 e. The molecule has 0 aliphatic carbocycles. The Labute approximate surface area is 366 Å². The molecule has 0 rings (SSSR count). The van der Waals surface area contributed by atoms with Crippen LogP contribution >= 0.6 is 0 Å². The molecule has 3 N–H and O–H groups in total. The number of hydrogen-bond acceptors (Lipinski definition) is 5. The number of carbonyl (C=O) groups is 2. The normalized spacial score (nSPS) is 12.9. The van der Waals surface area contributed by atoms with E-state index in [0.29, 0.717) is 25.9 Å². The maximum absolute atomic E-state index is 12.4. The molecule has 0 bridgehead atoms. The van der Waals surface area contributed by atoms with Crippen molar-refractivity contribution in [3.63, 3.8) is 0 Å². The molecule has 0 aromatic heterocycles. The van der Waals surface area contributed by atoms with Crippen molar-refractivity contribution in [1.82, 2.24) is 5.32 Å². The fraction of sp³-hybridized carbons (Fsp3) is 0.849. The standard InChI is InChI=1S/C53H99NO5/c1-3-5-7-9-11-13-15-16-19-23-27-31-35-39-43-47-53(58)59-48-44-40-36-32-28-24-21-18-17-20-22-26-30-34-38-42-46-52(57)54-50(49-55)51(56)45-41-37-33-29-25-14-12-10-8-6-4-2/h11,13,16-17,19-20,50-51,55-56H,3-10,12,14-15,18,21-49H2,1-2H3,(H,54,57)/b13-11-,19-16-,20-17-. The van der Waals surface area contributed by atoms with Gasteiger partial charge in [0, 0.05) is 12.8 Å². The number of hydrogen-bond donors (Lipinski definition) is 3. The van der Waals surface area contributed by atoms with E-state index in [1.54, 1.807) is 0 Å². The van der Waals surface area contributed by atoms with Gasteiger partial charge in [0.1, 0.15) is 0 Å². The third-order valence-electron chi connectivity index (χ3n) is 11.7. The molecule has 0 saturated carbocycles. The third-order valence-corrected chi connectivity index (χ3v) is 11.7. The van der Waals surface area contributed by atoms with Crippen LogP contribution in [-0.4, -0.2) is 47.4 Å². The SMILES string of the molecule is CCCCC/C=C\C/C=C\CCCCCCCC(=O)OCCCCCCCCC/C=C\CCCCCCCC(=O)NC(CO)C(O)CCCCCCCCCCCCC. The highest BCUT2D eigenvalue weighted by Gasteiger charge is 2.20. The molecule has 6 nitrogen and oxygen atoms in total. The molecule has 0 radical (unpaired) electrons. The Hall–Kier alpha value is -1.92. The van der Waals surface area contributed by atoms with E-state index in [9.17, 15) is 19.8 Å². The van der Waals surface area contributed by atoms with Crippen LogP contribution in [0.3, 0.4) is 0 Å². The number of aliphatic hydroxyl groups is 2. The van der Waals surface area contributed by atoms with Crippen molar-refractivity contribution in [2.45, 2.75) is 276 Å². The first kappa shape index (κ1) is 57.1. The first-order valence-corrected chi connectivity index (χ1v) is 25.7. The fourth-order valence-corrected chi connectivity index (χ4v) is 7.66. The van der Waals surface area contributed by atoms with Crippen LogP contribution in [0.15, 0.2) is 36.5 Å². The van der Waals surface area contributed by atoms with Crippen LogP contribution in [0.2, 0.25) is 0 Å². The molecule has 1 amide bonds. The lowest BCUT2D eigenvalue weighted by Gasteiger charge is -2.22. The predicted molar refractivity (Wildman–Crippen MR) is 255 cm³/mol. The molecule has 0 aromatic carbocycles. The minimum Gasteiger partial charge on any atom is -0.466 e. The Balaban J connectivity index is 3.47. The number of esters is 1. The van der Waals surface area contributed by atoms with E-state index >= 15 is 0 Å². The Morgan fingerprint density at radius 3 is 1.34 bits per heavy atom. The Morgan fingerprint density at radius 1 is 0.475 bits per heavy atom. The molecular formula is C53H99NO5. The fourth-order valence-electron chi connectivity index (χ4n) is 7.66. The summed E-state index contributed by atoms with van der Waals surface area (Å²) in [7, 11) is 0. The van der Waals surface area contributed by atoms with Crippen molar-refractivity contribution >= 4 is 11.9 Å². The van der Waals surface area contributed by atoms with Crippen molar-refractivity contribution in [2.24, 2.45) is 0 Å². The first-order chi connectivity index (χ1) is 29.0. The van der Waals surface area contributed by atoms with Crippen LogP contribution in [0.1, 0.15) is 264 Å². The molecule has 0 fully saturated rings. The molecular weight excluding hydrogens is 731 g/mol. The van der Waals surface area contributed by atoms with Gasteiger partial charge in [0.05, 0.1) is 25.4 Å². The summed E-state index contributed by atoms with van der Waals surface area (Å²) >= 11 is 0. The quantitative estimate of drug-likeness (QED) is 0.0323. The van der Waals surface area contributed by atoms with E-state index in [2.05, 4.69) is 55.6 Å². The molecule has 0 aromatic rings. The van der Waals surface area contributed by atoms with E-state index in [1.807, 2.05) is 0 Å². The van der Waals surface area contributed by atoms with E-state index < -0.39 is 12.1 Å². The number of allylic oxidation sites excluding steroid dienone is 6. The maximum Gasteiger partial charge on any atom is 0.305 e. The highest BCUT2D eigenvalue weighted by molar-refractivity contribution is 5.76. The summed E-state index contributed by atoms with van der Waals surface area (Å²) in [5.74, 6) is -0.0721. The van der Waals surface area contributed by atoms with Gasteiger partial charge < -0.3 is 20.3 Å². The monoisotopic (exact) mass is 830 g/mol. The molecule has 0 aliphatic rings. The molecule has 346 valence electrons. The minimum absolute atomic E-state index is 0.0175. The van der Waals surface area contributed by atoms with Crippen molar-refractivity contribution in [2.75, 3.05) is 13.2 Å². The average Bonchev–Trinajstić information content (AvgIpc) is 3.24. The number of amides is 1. The number of rotatable bonds is 47. The van der Waals surface area contributed by atoms with Crippen molar-refractivity contribution in [3.05, 3.63) is 36.5 Å². The number of carbonyl (C=O) groups excluding carboxylic acids is 2. The second kappa shape index (κ2) is 48.7. The van der Waals surface area contributed by atoms with Gasteiger partial charge in [-0.05, 0) is 83.5 Å². The number of ether oxygens (including phenoxy) is 1. The van der Waals surface area contributed by atoms with Gasteiger partial charge in [-0.1, -0.05) is 204 Å². The molecule has 59 heavy (non-hydrogen) atoms. The summed E-state index contributed by atoms with van der Waals surface area (Å²) in [4.78, 5) is 24.4. The average molecular weight is 830 g/mol. The second-order valence-corrected chi connectivity index (χ2v) is 17.5. The Morgan fingerprint density at radius 2 is 0.847 bits per heavy atom. The number of nitrogens with one attached hydrogen (secondary N) is 1.